The zero-order valence-electron chi connectivity index (χ0n) is 17.4. The van der Waals surface area contributed by atoms with E-state index in [0.717, 1.165) is 62.9 Å². The molecular formula is C22H32N4O2S. The molecule has 1 aliphatic heterocycles. The highest BCUT2D eigenvalue weighted by molar-refractivity contribution is 7.07. The largest absolute Gasteiger partial charge is 0.497 e. The van der Waals surface area contributed by atoms with Crippen LogP contribution >= 0.6 is 11.3 Å². The lowest BCUT2D eigenvalue weighted by molar-refractivity contribution is 0.198. The normalized spacial score (nSPS) is 15.9. The maximum absolute atomic E-state index is 5.78. The van der Waals surface area contributed by atoms with Gasteiger partial charge in [-0.1, -0.05) is 6.07 Å². The summed E-state index contributed by atoms with van der Waals surface area (Å²) in [7, 11) is 3.49. The van der Waals surface area contributed by atoms with Crippen molar-refractivity contribution in [2.45, 2.75) is 31.8 Å². The molecule has 1 aromatic carbocycles. The number of nitrogens with one attached hydrogen (secondary N) is 2. The highest BCUT2D eigenvalue weighted by atomic mass is 32.1. The van der Waals surface area contributed by atoms with Crippen LogP contribution in [0.3, 0.4) is 0 Å². The lowest BCUT2D eigenvalue weighted by atomic mass is 10.0. The van der Waals surface area contributed by atoms with Crippen LogP contribution in [-0.2, 0) is 6.54 Å². The molecule has 1 fully saturated rings. The molecule has 1 aromatic heterocycles. The third-order valence-corrected chi connectivity index (χ3v) is 5.79. The Morgan fingerprint density at radius 2 is 2.07 bits per heavy atom. The van der Waals surface area contributed by atoms with Gasteiger partial charge in [-0.05, 0) is 53.8 Å². The third kappa shape index (κ3) is 7.25. The number of piperidine rings is 1. The van der Waals surface area contributed by atoms with Crippen LogP contribution in [0.1, 0.15) is 24.8 Å². The van der Waals surface area contributed by atoms with Gasteiger partial charge >= 0.3 is 0 Å². The first kappa shape index (κ1) is 21.5. The molecule has 7 heteroatoms. The van der Waals surface area contributed by atoms with E-state index in [0.29, 0.717) is 12.6 Å². The van der Waals surface area contributed by atoms with Crippen LogP contribution in [-0.4, -0.2) is 57.3 Å². The van der Waals surface area contributed by atoms with E-state index in [1.807, 2.05) is 31.3 Å². The number of thiophene rings is 1. The molecule has 0 saturated carbocycles. The number of methoxy groups -OCH3 is 1. The van der Waals surface area contributed by atoms with E-state index >= 15 is 0 Å². The molecule has 1 saturated heterocycles. The number of benzene rings is 1. The molecule has 158 valence electrons. The zero-order chi connectivity index (χ0) is 20.3. The second-order valence-electron chi connectivity index (χ2n) is 7.21. The summed E-state index contributed by atoms with van der Waals surface area (Å²) in [6.45, 7) is 4.78. The Morgan fingerprint density at radius 1 is 1.24 bits per heavy atom. The highest BCUT2D eigenvalue weighted by Gasteiger charge is 2.20. The number of hydrogen-bond donors (Lipinski definition) is 2. The summed E-state index contributed by atoms with van der Waals surface area (Å²) >= 11 is 1.77. The minimum Gasteiger partial charge on any atom is -0.497 e. The van der Waals surface area contributed by atoms with E-state index in [2.05, 4.69) is 37.4 Å². The topological polar surface area (TPSA) is 58.1 Å². The molecule has 6 nitrogen and oxygen atoms in total. The van der Waals surface area contributed by atoms with Crippen LogP contribution in [0.4, 0.5) is 0 Å². The Kier molecular flexibility index (Phi) is 8.64. The number of likely N-dealkylation sites (tertiary alicyclic amines) is 1. The van der Waals surface area contributed by atoms with Gasteiger partial charge in [0.05, 0.1) is 13.7 Å². The molecule has 0 bridgehead atoms. The highest BCUT2D eigenvalue weighted by Crippen LogP contribution is 2.19. The van der Waals surface area contributed by atoms with Crippen molar-refractivity contribution < 1.29 is 9.47 Å². The average Bonchev–Trinajstić information content (AvgIpc) is 3.27. The number of aliphatic imine (C=N–C) groups is 1. The summed E-state index contributed by atoms with van der Waals surface area (Å²) in [6.07, 6.45) is 3.19. The van der Waals surface area contributed by atoms with Crippen LogP contribution in [0.25, 0.3) is 0 Å². The maximum Gasteiger partial charge on any atom is 0.191 e. The quantitative estimate of drug-likeness (QED) is 0.373. The van der Waals surface area contributed by atoms with Crippen molar-refractivity contribution in [1.29, 1.82) is 0 Å². The van der Waals surface area contributed by atoms with Gasteiger partial charge in [0.25, 0.3) is 0 Å². The van der Waals surface area contributed by atoms with E-state index in [1.165, 1.54) is 5.56 Å². The number of ether oxygens (including phenoxy) is 2. The fourth-order valence-corrected chi connectivity index (χ4v) is 4.08. The van der Waals surface area contributed by atoms with Gasteiger partial charge in [0.15, 0.2) is 5.96 Å². The predicted molar refractivity (Wildman–Crippen MR) is 120 cm³/mol. The summed E-state index contributed by atoms with van der Waals surface area (Å²) in [6, 6.07) is 10.4. The van der Waals surface area contributed by atoms with E-state index in [-0.39, 0.29) is 0 Å². The molecule has 0 unspecified atom stereocenters. The Bertz CT molecular complexity index is 743. The van der Waals surface area contributed by atoms with E-state index in [1.54, 1.807) is 18.4 Å². The number of rotatable bonds is 9. The first-order valence-electron chi connectivity index (χ1n) is 10.2. The van der Waals surface area contributed by atoms with Gasteiger partial charge in [-0.3, -0.25) is 9.89 Å². The van der Waals surface area contributed by atoms with Crippen molar-refractivity contribution in [3.63, 3.8) is 0 Å². The minimum absolute atomic E-state index is 0.480. The first-order valence-corrected chi connectivity index (χ1v) is 11.2. The number of nitrogens with zero attached hydrogens (tertiary/aromatic N) is 2. The Hall–Kier alpha value is -2.25. The molecule has 2 aromatic rings. The van der Waals surface area contributed by atoms with E-state index in [9.17, 15) is 0 Å². The van der Waals surface area contributed by atoms with Gasteiger partial charge in [-0.2, -0.15) is 11.3 Å². The first-order chi connectivity index (χ1) is 14.3. The third-order valence-electron chi connectivity index (χ3n) is 5.06. The molecular weight excluding hydrogens is 384 g/mol. The standard InChI is InChI=1S/C22H32N4O2S/c1-23-22(24-10-4-13-28-21-6-3-5-20(15-21)27-2)25-19-7-11-26(12-8-19)16-18-9-14-29-17-18/h3,5-6,9,14-15,17,19H,4,7-8,10-13,16H2,1-2H3,(H2,23,24,25). The van der Waals surface area contributed by atoms with Gasteiger partial charge in [0.1, 0.15) is 11.5 Å². The summed E-state index contributed by atoms with van der Waals surface area (Å²) < 4.78 is 11.0. The summed E-state index contributed by atoms with van der Waals surface area (Å²) in [5.74, 6) is 2.52. The van der Waals surface area contributed by atoms with Gasteiger partial charge in [0, 0.05) is 45.3 Å². The molecule has 0 spiro atoms. The SMILES string of the molecule is CN=C(NCCCOc1cccc(OC)c1)NC1CCN(Cc2ccsc2)CC1. The smallest absolute Gasteiger partial charge is 0.191 e. The average molecular weight is 417 g/mol. The van der Waals surface area contributed by atoms with Crippen LogP contribution in [0, 0.1) is 0 Å². The van der Waals surface area contributed by atoms with Gasteiger partial charge in [-0.15, -0.1) is 0 Å². The van der Waals surface area contributed by atoms with Crippen molar-refractivity contribution in [3.05, 3.63) is 46.7 Å². The molecule has 29 heavy (non-hydrogen) atoms. The van der Waals surface area contributed by atoms with E-state index < -0.39 is 0 Å². The summed E-state index contributed by atoms with van der Waals surface area (Å²) in [5.41, 5.74) is 1.43. The van der Waals surface area contributed by atoms with Crippen LogP contribution in [0.5, 0.6) is 11.5 Å². The van der Waals surface area contributed by atoms with Gasteiger partial charge < -0.3 is 20.1 Å². The molecule has 3 rings (SSSR count). The second kappa shape index (κ2) is 11.7. The predicted octanol–water partition coefficient (Wildman–Crippen LogP) is 3.36. The number of guanidine groups is 1. The van der Waals surface area contributed by atoms with Gasteiger partial charge in [-0.25, -0.2) is 0 Å². The Balaban J connectivity index is 1.29. The van der Waals surface area contributed by atoms with Crippen molar-refractivity contribution in [3.8, 4) is 11.5 Å². The zero-order valence-corrected chi connectivity index (χ0v) is 18.2. The molecule has 1 aliphatic rings. The molecule has 0 radical (unpaired) electrons. The fourth-order valence-electron chi connectivity index (χ4n) is 3.42. The van der Waals surface area contributed by atoms with E-state index in [4.69, 9.17) is 9.47 Å². The molecule has 0 atom stereocenters. The number of hydrogen-bond acceptors (Lipinski definition) is 5. The fraction of sp³-hybridized carbons (Fsp3) is 0.500. The van der Waals surface area contributed by atoms with Crippen molar-refractivity contribution in [2.24, 2.45) is 4.99 Å². The van der Waals surface area contributed by atoms with Crippen molar-refractivity contribution in [1.82, 2.24) is 15.5 Å². The lowest BCUT2D eigenvalue weighted by Crippen LogP contribution is -2.48. The van der Waals surface area contributed by atoms with Crippen LogP contribution in [0.2, 0.25) is 0 Å². The summed E-state index contributed by atoms with van der Waals surface area (Å²) in [5, 5.41) is 11.4. The van der Waals surface area contributed by atoms with Crippen molar-refractivity contribution >= 4 is 17.3 Å². The minimum atomic E-state index is 0.480. The maximum atomic E-state index is 5.78. The summed E-state index contributed by atoms with van der Waals surface area (Å²) in [4.78, 5) is 6.90. The second-order valence-corrected chi connectivity index (χ2v) is 7.99. The van der Waals surface area contributed by atoms with Crippen LogP contribution < -0.4 is 20.1 Å². The molecule has 2 N–H and O–H groups in total. The molecule has 0 amide bonds. The molecule has 2 heterocycles. The molecule has 0 aliphatic carbocycles. The van der Waals surface area contributed by atoms with Crippen LogP contribution in [0.15, 0.2) is 46.1 Å². The van der Waals surface area contributed by atoms with Gasteiger partial charge in [0.2, 0.25) is 0 Å². The Morgan fingerprint density at radius 3 is 2.79 bits per heavy atom. The monoisotopic (exact) mass is 416 g/mol. The Labute approximate surface area is 177 Å². The van der Waals surface area contributed by atoms with Crippen molar-refractivity contribution in [2.75, 3.05) is 40.4 Å². The lowest BCUT2D eigenvalue weighted by Gasteiger charge is -2.32.